The first-order chi connectivity index (χ1) is 10.2. The van der Waals surface area contributed by atoms with Gasteiger partial charge in [-0.15, -0.1) is 0 Å². The normalized spacial score (nSPS) is 12.3. The topological polar surface area (TPSA) is 89.0 Å². The summed E-state index contributed by atoms with van der Waals surface area (Å²) in [6, 6.07) is 0. The number of rotatable bonds is 15. The Morgan fingerprint density at radius 2 is 1.59 bits per heavy atom. The van der Waals surface area contributed by atoms with Gasteiger partial charge in [0.1, 0.15) is 0 Å². The van der Waals surface area contributed by atoms with Crippen LogP contribution < -0.4 is 0 Å². The Morgan fingerprint density at radius 3 is 2.27 bits per heavy atom. The summed E-state index contributed by atoms with van der Waals surface area (Å²) < 4.78 is 0. The number of unbranched alkanes of at least 4 members (excludes halogenated alkanes) is 8. The van der Waals surface area contributed by atoms with E-state index >= 15 is 0 Å². The number of hydrogen-bond donors (Lipinski definition) is 2. The number of aliphatic carboxylic acids is 1. The highest BCUT2D eigenvalue weighted by molar-refractivity contribution is 5.66. The van der Waals surface area contributed by atoms with Crippen molar-refractivity contribution in [3.63, 3.8) is 0 Å². The second-order valence-electron chi connectivity index (χ2n) is 5.91. The first-order valence-electron chi connectivity index (χ1n) is 8.71. The number of aliphatic hydroxyl groups is 1. The Kier molecular flexibility index (Phi) is 19.3. The Morgan fingerprint density at radius 1 is 0.955 bits per heavy atom. The van der Waals surface area contributed by atoms with Crippen LogP contribution in [-0.2, 0) is 4.79 Å². The van der Waals surface area contributed by atoms with Crippen LogP contribution in [0.5, 0.6) is 0 Å². The van der Waals surface area contributed by atoms with E-state index in [4.69, 9.17) is 5.11 Å². The molecule has 0 saturated heterocycles. The highest BCUT2D eigenvalue weighted by Gasteiger charge is 2.00. The fourth-order valence-electron chi connectivity index (χ4n) is 2.36. The van der Waals surface area contributed by atoms with Crippen LogP contribution in [0.25, 0.3) is 0 Å². The Balaban J connectivity index is 0. The van der Waals surface area contributed by atoms with Crippen LogP contribution in [0.2, 0.25) is 0 Å². The lowest BCUT2D eigenvalue weighted by Crippen LogP contribution is -2.04. The van der Waals surface area contributed by atoms with E-state index in [1.807, 2.05) is 0 Å². The van der Waals surface area contributed by atoms with Crippen molar-refractivity contribution in [2.75, 3.05) is 0 Å². The minimum Gasteiger partial charge on any atom is -0.481 e. The minimum atomic E-state index is -0.689. The summed E-state index contributed by atoms with van der Waals surface area (Å²) in [6.07, 6.45) is 17.4. The second kappa shape index (κ2) is 18.2. The molecule has 0 radical (unpaired) electrons. The molecular formula is C18H36O4. The third-order valence-corrected chi connectivity index (χ3v) is 3.73. The molecule has 0 aliphatic rings. The smallest absolute Gasteiger partial charge is 0.303 e. The molecule has 4 N–H and O–H groups in total. The lowest BCUT2D eigenvalue weighted by atomic mass is 10.1. The Bertz CT molecular complexity index is 264. The summed E-state index contributed by atoms with van der Waals surface area (Å²) in [4.78, 5) is 10.3. The van der Waals surface area contributed by atoms with E-state index in [2.05, 4.69) is 19.1 Å². The molecule has 0 aromatic rings. The molecule has 22 heavy (non-hydrogen) atoms. The quantitative estimate of drug-likeness (QED) is 0.349. The molecule has 0 saturated carbocycles. The molecule has 0 heterocycles. The minimum absolute atomic E-state index is 0. The fraction of sp³-hybridized carbons (Fsp3) is 0.833. The van der Waals surface area contributed by atoms with Gasteiger partial charge in [-0.1, -0.05) is 64.0 Å². The first-order valence-corrected chi connectivity index (χ1v) is 8.71. The van der Waals surface area contributed by atoms with Crippen molar-refractivity contribution in [2.45, 2.75) is 96.5 Å². The molecule has 4 nitrogen and oxygen atoms in total. The van der Waals surface area contributed by atoms with Crippen LogP contribution in [0.15, 0.2) is 12.2 Å². The van der Waals surface area contributed by atoms with E-state index in [0.29, 0.717) is 6.42 Å². The standard InChI is InChI=1S/C18H34O3.H2O/c1-2-3-4-11-14-17(19)15-12-9-7-5-6-8-10-13-16-18(20)21;/h9,12,17,19H,2-8,10-11,13-16H2,1H3,(H,20,21);1H2/b12-9-;/t17-;/m1./s1. The van der Waals surface area contributed by atoms with Gasteiger partial charge in [0.25, 0.3) is 0 Å². The van der Waals surface area contributed by atoms with Gasteiger partial charge in [0.2, 0.25) is 0 Å². The SMILES string of the molecule is CCCCCC[C@@H](O)C/C=C\CCCCCCCC(=O)O.O. The van der Waals surface area contributed by atoms with E-state index < -0.39 is 5.97 Å². The van der Waals surface area contributed by atoms with E-state index in [0.717, 1.165) is 51.4 Å². The van der Waals surface area contributed by atoms with Crippen LogP contribution in [-0.4, -0.2) is 27.8 Å². The van der Waals surface area contributed by atoms with Crippen LogP contribution in [0.1, 0.15) is 90.4 Å². The van der Waals surface area contributed by atoms with Gasteiger partial charge in [-0.05, 0) is 32.1 Å². The Labute approximate surface area is 135 Å². The number of carboxylic acid groups (broad SMARTS) is 1. The highest BCUT2D eigenvalue weighted by atomic mass is 16.4. The third-order valence-electron chi connectivity index (χ3n) is 3.73. The summed E-state index contributed by atoms with van der Waals surface area (Å²) >= 11 is 0. The summed E-state index contributed by atoms with van der Waals surface area (Å²) in [6.45, 7) is 2.20. The zero-order valence-corrected chi connectivity index (χ0v) is 14.2. The van der Waals surface area contributed by atoms with Gasteiger partial charge in [0.15, 0.2) is 0 Å². The average molecular weight is 316 g/mol. The predicted molar refractivity (Wildman–Crippen MR) is 92.1 cm³/mol. The van der Waals surface area contributed by atoms with Crippen LogP contribution in [0.3, 0.4) is 0 Å². The maximum absolute atomic E-state index is 10.3. The summed E-state index contributed by atoms with van der Waals surface area (Å²) in [5.74, 6) is -0.689. The van der Waals surface area contributed by atoms with Crippen LogP contribution in [0.4, 0.5) is 0 Å². The van der Waals surface area contributed by atoms with Crippen molar-refractivity contribution >= 4 is 5.97 Å². The summed E-state index contributed by atoms with van der Waals surface area (Å²) in [7, 11) is 0. The maximum Gasteiger partial charge on any atom is 0.303 e. The predicted octanol–water partition coefficient (Wildman–Crippen LogP) is 4.25. The molecule has 0 aliphatic carbocycles. The molecule has 0 rings (SSSR count). The number of aliphatic hydroxyl groups excluding tert-OH is 1. The maximum atomic E-state index is 10.3. The molecule has 4 heteroatoms. The van der Waals surface area contributed by atoms with Gasteiger partial charge in [-0.2, -0.15) is 0 Å². The van der Waals surface area contributed by atoms with Crippen molar-refractivity contribution in [1.29, 1.82) is 0 Å². The van der Waals surface area contributed by atoms with Gasteiger partial charge in [0, 0.05) is 6.42 Å². The molecule has 1 atom stereocenters. The van der Waals surface area contributed by atoms with E-state index in [9.17, 15) is 9.90 Å². The number of hydrogen-bond acceptors (Lipinski definition) is 2. The average Bonchev–Trinajstić information content (AvgIpc) is 2.45. The van der Waals surface area contributed by atoms with Crippen LogP contribution >= 0.6 is 0 Å². The molecule has 0 spiro atoms. The fourth-order valence-corrected chi connectivity index (χ4v) is 2.36. The van der Waals surface area contributed by atoms with Crippen molar-refractivity contribution in [1.82, 2.24) is 0 Å². The first kappa shape index (κ1) is 23.4. The van der Waals surface area contributed by atoms with Gasteiger partial charge in [0.05, 0.1) is 6.10 Å². The summed E-state index contributed by atoms with van der Waals surface area (Å²) in [5.41, 5.74) is 0. The number of allylic oxidation sites excluding steroid dienone is 1. The number of carboxylic acids is 1. The Hall–Kier alpha value is -0.870. The molecule has 132 valence electrons. The number of carbonyl (C=O) groups is 1. The highest BCUT2D eigenvalue weighted by Crippen LogP contribution is 2.10. The van der Waals surface area contributed by atoms with Gasteiger partial charge in [-0.3, -0.25) is 4.79 Å². The van der Waals surface area contributed by atoms with Gasteiger partial charge in [-0.25, -0.2) is 0 Å². The van der Waals surface area contributed by atoms with Gasteiger partial charge < -0.3 is 15.7 Å². The molecule has 0 amide bonds. The molecule has 0 aliphatic heterocycles. The van der Waals surface area contributed by atoms with Crippen molar-refractivity contribution < 1.29 is 20.5 Å². The largest absolute Gasteiger partial charge is 0.481 e. The van der Waals surface area contributed by atoms with E-state index in [-0.39, 0.29) is 11.6 Å². The lowest BCUT2D eigenvalue weighted by Gasteiger charge is -2.07. The second-order valence-corrected chi connectivity index (χ2v) is 5.91. The monoisotopic (exact) mass is 316 g/mol. The molecule has 0 aromatic carbocycles. The van der Waals surface area contributed by atoms with Crippen LogP contribution in [0, 0.1) is 0 Å². The van der Waals surface area contributed by atoms with E-state index in [1.54, 1.807) is 0 Å². The van der Waals surface area contributed by atoms with E-state index in [1.165, 1.54) is 25.7 Å². The third kappa shape index (κ3) is 19.1. The zero-order valence-electron chi connectivity index (χ0n) is 14.2. The molecular weight excluding hydrogens is 280 g/mol. The molecule has 0 unspecified atom stereocenters. The van der Waals surface area contributed by atoms with Crippen molar-refractivity contribution in [3.05, 3.63) is 12.2 Å². The van der Waals surface area contributed by atoms with Crippen molar-refractivity contribution in [2.24, 2.45) is 0 Å². The lowest BCUT2D eigenvalue weighted by molar-refractivity contribution is -0.137. The molecule has 0 bridgehead atoms. The zero-order chi connectivity index (χ0) is 15.8. The van der Waals surface area contributed by atoms with Crippen molar-refractivity contribution in [3.8, 4) is 0 Å². The molecule has 0 fully saturated rings. The van der Waals surface area contributed by atoms with Gasteiger partial charge >= 0.3 is 5.97 Å². The molecule has 0 aromatic heterocycles. The summed E-state index contributed by atoms with van der Waals surface area (Å²) in [5, 5.41) is 18.3.